The Hall–Kier alpha value is -0.890. The lowest BCUT2D eigenvalue weighted by Crippen LogP contribution is -1.83. The summed E-state index contributed by atoms with van der Waals surface area (Å²) in [7, 11) is 0. The number of halogens is 1. The third-order valence-electron chi connectivity index (χ3n) is 2.17. The molecule has 0 radical (unpaired) electrons. The highest BCUT2D eigenvalue weighted by atomic mass is 79.9. The normalized spacial score (nSPS) is 10.6. The zero-order valence-electron chi connectivity index (χ0n) is 7.42. The molecule has 2 aromatic rings. The summed E-state index contributed by atoms with van der Waals surface area (Å²) in [6.45, 7) is 2.16. The Balaban J connectivity index is 2.77. The van der Waals surface area contributed by atoms with Crippen LogP contribution < -0.4 is 0 Å². The Morgan fingerprint density at radius 2 is 2.23 bits per heavy atom. The molecule has 1 heterocycles. The fourth-order valence-electron chi connectivity index (χ4n) is 1.42. The quantitative estimate of drug-likeness (QED) is 0.737. The molecule has 1 nitrogen and oxygen atoms in total. The van der Waals surface area contributed by atoms with Gasteiger partial charge in [-0.25, -0.2) is 0 Å². The van der Waals surface area contributed by atoms with E-state index in [9.17, 15) is 0 Å². The van der Waals surface area contributed by atoms with Gasteiger partial charge in [0.1, 0.15) is 0 Å². The Morgan fingerprint density at radius 1 is 1.38 bits per heavy atom. The van der Waals surface area contributed by atoms with E-state index >= 15 is 0 Å². The number of aromatic nitrogens is 1. The molecule has 2 heteroatoms. The summed E-state index contributed by atoms with van der Waals surface area (Å²) in [5.41, 5.74) is 1.35. The maximum Gasteiger partial charge on any atom is 0.0357 e. The first-order valence-corrected chi connectivity index (χ1v) is 5.12. The van der Waals surface area contributed by atoms with E-state index in [1.165, 1.54) is 16.3 Å². The molecule has 2 rings (SSSR count). The highest BCUT2D eigenvalue weighted by Gasteiger charge is 1.99. The Morgan fingerprint density at radius 3 is 3.00 bits per heavy atom. The van der Waals surface area contributed by atoms with Crippen molar-refractivity contribution in [1.29, 1.82) is 0 Å². The molecule has 1 aromatic carbocycles. The zero-order chi connectivity index (χ0) is 9.26. The maximum atomic E-state index is 4.10. The molecule has 0 aliphatic carbocycles. The molecular formula is C11H10BrN. The molecule has 0 aliphatic heterocycles. The van der Waals surface area contributed by atoms with E-state index in [1.54, 1.807) is 0 Å². The molecule has 0 atom stereocenters. The first kappa shape index (κ1) is 8.70. The predicted molar refractivity (Wildman–Crippen MR) is 58.8 cm³/mol. The fraction of sp³-hybridized carbons (Fsp3) is 0.182. The molecule has 0 spiro atoms. The summed E-state index contributed by atoms with van der Waals surface area (Å²) in [5.74, 6) is 0. The van der Waals surface area contributed by atoms with Crippen LogP contribution in [0.25, 0.3) is 10.8 Å². The number of benzene rings is 1. The van der Waals surface area contributed by atoms with Crippen molar-refractivity contribution in [2.75, 3.05) is 0 Å². The molecule has 0 bridgehead atoms. The molecule has 0 amide bonds. The van der Waals surface area contributed by atoms with Crippen LogP contribution in [0.3, 0.4) is 0 Å². The van der Waals surface area contributed by atoms with Crippen LogP contribution in [-0.2, 0) is 6.42 Å². The van der Waals surface area contributed by atoms with Gasteiger partial charge in [0.2, 0.25) is 0 Å². The van der Waals surface area contributed by atoms with Crippen LogP contribution in [0, 0.1) is 0 Å². The first-order chi connectivity index (χ1) is 6.31. The van der Waals surface area contributed by atoms with Gasteiger partial charge >= 0.3 is 0 Å². The topological polar surface area (TPSA) is 12.9 Å². The number of aryl methyl sites for hydroxylation is 1. The summed E-state index contributed by atoms with van der Waals surface area (Å²) in [6.07, 6.45) is 4.78. The van der Waals surface area contributed by atoms with Gasteiger partial charge in [0.05, 0.1) is 0 Å². The van der Waals surface area contributed by atoms with Gasteiger partial charge in [-0.2, -0.15) is 0 Å². The van der Waals surface area contributed by atoms with Gasteiger partial charge in [-0.05, 0) is 29.5 Å². The monoisotopic (exact) mass is 235 g/mol. The third kappa shape index (κ3) is 1.59. The second-order valence-corrected chi connectivity index (χ2v) is 3.88. The SMILES string of the molecule is CCc1cc(Br)c2cnccc2c1. The maximum absolute atomic E-state index is 4.10. The van der Waals surface area contributed by atoms with E-state index in [4.69, 9.17) is 0 Å². The van der Waals surface area contributed by atoms with Gasteiger partial charge in [-0.1, -0.05) is 28.9 Å². The largest absolute Gasteiger partial charge is 0.264 e. The van der Waals surface area contributed by atoms with Gasteiger partial charge in [0.15, 0.2) is 0 Å². The molecular weight excluding hydrogens is 226 g/mol. The van der Waals surface area contributed by atoms with Crippen LogP contribution in [0.1, 0.15) is 12.5 Å². The summed E-state index contributed by atoms with van der Waals surface area (Å²) in [4.78, 5) is 4.10. The second-order valence-electron chi connectivity index (χ2n) is 3.03. The Kier molecular flexibility index (Phi) is 2.32. The molecule has 0 saturated carbocycles. The third-order valence-corrected chi connectivity index (χ3v) is 2.83. The van der Waals surface area contributed by atoms with Crippen molar-refractivity contribution in [2.45, 2.75) is 13.3 Å². The predicted octanol–water partition coefficient (Wildman–Crippen LogP) is 3.56. The molecule has 0 N–H and O–H groups in total. The lowest BCUT2D eigenvalue weighted by atomic mass is 10.1. The fourth-order valence-corrected chi connectivity index (χ4v) is 2.04. The van der Waals surface area contributed by atoms with Crippen molar-refractivity contribution >= 4 is 26.7 Å². The lowest BCUT2D eigenvalue weighted by Gasteiger charge is -2.03. The zero-order valence-corrected chi connectivity index (χ0v) is 9.01. The smallest absolute Gasteiger partial charge is 0.0357 e. The molecule has 1 aromatic heterocycles. The van der Waals surface area contributed by atoms with Crippen LogP contribution in [0.15, 0.2) is 35.1 Å². The van der Waals surface area contributed by atoms with E-state index in [-0.39, 0.29) is 0 Å². The number of hydrogen-bond donors (Lipinski definition) is 0. The summed E-state index contributed by atoms with van der Waals surface area (Å²) in [6, 6.07) is 6.41. The van der Waals surface area contributed by atoms with E-state index in [0.717, 1.165) is 10.9 Å². The van der Waals surface area contributed by atoms with Gasteiger partial charge in [-0.3, -0.25) is 4.98 Å². The number of hydrogen-bond acceptors (Lipinski definition) is 1. The number of nitrogens with zero attached hydrogens (tertiary/aromatic N) is 1. The van der Waals surface area contributed by atoms with Crippen molar-refractivity contribution in [2.24, 2.45) is 0 Å². The minimum Gasteiger partial charge on any atom is -0.264 e. The molecule has 0 saturated heterocycles. The average Bonchev–Trinajstić information content (AvgIpc) is 2.18. The highest BCUT2D eigenvalue weighted by molar-refractivity contribution is 9.10. The summed E-state index contributed by atoms with van der Waals surface area (Å²) in [5, 5.41) is 2.43. The van der Waals surface area contributed by atoms with E-state index in [0.29, 0.717) is 0 Å². The van der Waals surface area contributed by atoms with Crippen molar-refractivity contribution in [3.05, 3.63) is 40.6 Å². The van der Waals surface area contributed by atoms with Crippen LogP contribution >= 0.6 is 15.9 Å². The van der Waals surface area contributed by atoms with Gasteiger partial charge < -0.3 is 0 Å². The molecule has 66 valence electrons. The lowest BCUT2D eigenvalue weighted by molar-refractivity contribution is 1.14. The van der Waals surface area contributed by atoms with E-state index < -0.39 is 0 Å². The van der Waals surface area contributed by atoms with E-state index in [1.807, 2.05) is 18.5 Å². The van der Waals surface area contributed by atoms with Gasteiger partial charge in [0, 0.05) is 22.3 Å². The van der Waals surface area contributed by atoms with Gasteiger partial charge in [-0.15, -0.1) is 0 Å². The van der Waals surface area contributed by atoms with Gasteiger partial charge in [0.25, 0.3) is 0 Å². The molecule has 0 fully saturated rings. The first-order valence-electron chi connectivity index (χ1n) is 4.33. The molecule has 0 unspecified atom stereocenters. The van der Waals surface area contributed by atoms with Crippen LogP contribution in [-0.4, -0.2) is 4.98 Å². The van der Waals surface area contributed by atoms with Crippen LogP contribution in [0.4, 0.5) is 0 Å². The molecule has 0 aliphatic rings. The minimum absolute atomic E-state index is 1.07. The number of fused-ring (bicyclic) bond motifs is 1. The Labute approximate surface area is 85.9 Å². The van der Waals surface area contributed by atoms with Crippen molar-refractivity contribution in [3.63, 3.8) is 0 Å². The molecule has 13 heavy (non-hydrogen) atoms. The Bertz CT molecular complexity index is 437. The highest BCUT2D eigenvalue weighted by Crippen LogP contribution is 2.24. The minimum atomic E-state index is 1.07. The van der Waals surface area contributed by atoms with Crippen LogP contribution in [0.5, 0.6) is 0 Å². The standard InChI is InChI=1S/C11H10BrN/c1-2-8-5-9-3-4-13-7-10(9)11(12)6-8/h3-7H,2H2,1H3. The second kappa shape index (κ2) is 3.46. The van der Waals surface area contributed by atoms with Crippen molar-refractivity contribution in [3.8, 4) is 0 Å². The summed E-state index contributed by atoms with van der Waals surface area (Å²) < 4.78 is 1.13. The van der Waals surface area contributed by atoms with Crippen molar-refractivity contribution in [1.82, 2.24) is 4.98 Å². The summed E-state index contributed by atoms with van der Waals surface area (Å²) >= 11 is 3.55. The van der Waals surface area contributed by atoms with E-state index in [2.05, 4.69) is 40.0 Å². The number of pyridine rings is 1. The average molecular weight is 236 g/mol. The van der Waals surface area contributed by atoms with Crippen LogP contribution in [0.2, 0.25) is 0 Å². The number of rotatable bonds is 1. The van der Waals surface area contributed by atoms with Crippen molar-refractivity contribution < 1.29 is 0 Å².